The number of aryl methyl sites for hydroxylation is 1. The summed E-state index contributed by atoms with van der Waals surface area (Å²) in [5.41, 5.74) is 2.20. The highest BCUT2D eigenvalue weighted by atomic mass is 16.5. The number of fused-ring (bicyclic) bond motifs is 1. The number of morpholine rings is 2. The van der Waals surface area contributed by atoms with Gasteiger partial charge in [0.05, 0.1) is 26.4 Å². The summed E-state index contributed by atoms with van der Waals surface area (Å²) in [7, 11) is 2.05. The van der Waals surface area contributed by atoms with Crippen LogP contribution >= 0.6 is 0 Å². The fraction of sp³-hybridized carbons (Fsp3) is 0.450. The SMILES string of the molecule is Cn1ccc2cc(-c3nc(N4CCOCC4)nc(N4CCOCC4)n3)ccc21. The molecule has 0 N–H and O–H groups in total. The third-order valence-corrected chi connectivity index (χ3v) is 5.34. The highest BCUT2D eigenvalue weighted by Crippen LogP contribution is 2.26. The average molecular weight is 380 g/mol. The molecule has 3 aromatic rings. The van der Waals surface area contributed by atoms with E-state index in [-0.39, 0.29) is 0 Å². The summed E-state index contributed by atoms with van der Waals surface area (Å²) in [4.78, 5) is 18.8. The van der Waals surface area contributed by atoms with Crippen LogP contribution in [0.25, 0.3) is 22.3 Å². The van der Waals surface area contributed by atoms with Crippen LogP contribution in [0.1, 0.15) is 0 Å². The molecule has 146 valence electrons. The van der Waals surface area contributed by atoms with Gasteiger partial charge < -0.3 is 23.8 Å². The molecule has 0 aliphatic carbocycles. The summed E-state index contributed by atoms with van der Waals surface area (Å²) in [6.45, 7) is 5.97. The molecular formula is C20H24N6O2. The summed E-state index contributed by atoms with van der Waals surface area (Å²) < 4.78 is 13.1. The minimum absolute atomic E-state index is 0.698. The maximum Gasteiger partial charge on any atom is 0.230 e. The van der Waals surface area contributed by atoms with Crippen molar-refractivity contribution >= 4 is 22.8 Å². The van der Waals surface area contributed by atoms with Crippen molar-refractivity contribution in [2.45, 2.75) is 0 Å². The first-order valence-electron chi connectivity index (χ1n) is 9.75. The largest absolute Gasteiger partial charge is 0.378 e. The Morgan fingerprint density at radius 1 is 0.786 bits per heavy atom. The van der Waals surface area contributed by atoms with E-state index in [1.807, 2.05) is 0 Å². The number of hydrogen-bond donors (Lipinski definition) is 0. The summed E-state index contributed by atoms with van der Waals surface area (Å²) in [6, 6.07) is 8.48. The van der Waals surface area contributed by atoms with E-state index in [9.17, 15) is 0 Å². The summed E-state index contributed by atoms with van der Waals surface area (Å²) in [6.07, 6.45) is 2.07. The highest BCUT2D eigenvalue weighted by Gasteiger charge is 2.21. The monoisotopic (exact) mass is 380 g/mol. The number of ether oxygens (including phenoxy) is 2. The smallest absolute Gasteiger partial charge is 0.230 e. The molecule has 8 nitrogen and oxygen atoms in total. The lowest BCUT2D eigenvalue weighted by molar-refractivity contribution is 0.121. The van der Waals surface area contributed by atoms with Gasteiger partial charge in [0.15, 0.2) is 5.82 Å². The van der Waals surface area contributed by atoms with Crippen LogP contribution in [0.2, 0.25) is 0 Å². The molecule has 2 saturated heterocycles. The molecule has 2 aliphatic rings. The van der Waals surface area contributed by atoms with E-state index in [0.717, 1.165) is 43.6 Å². The van der Waals surface area contributed by atoms with Crippen LogP contribution in [0, 0.1) is 0 Å². The number of rotatable bonds is 3. The second-order valence-electron chi connectivity index (χ2n) is 7.16. The van der Waals surface area contributed by atoms with Gasteiger partial charge in [-0.2, -0.15) is 15.0 Å². The minimum atomic E-state index is 0.698. The molecule has 5 rings (SSSR count). The van der Waals surface area contributed by atoms with Gasteiger partial charge in [-0.25, -0.2) is 0 Å². The summed E-state index contributed by atoms with van der Waals surface area (Å²) in [5, 5.41) is 1.18. The molecule has 2 fully saturated rings. The number of anilines is 2. The van der Waals surface area contributed by atoms with Crippen molar-refractivity contribution in [2.75, 3.05) is 62.4 Å². The molecule has 1 aromatic carbocycles. The lowest BCUT2D eigenvalue weighted by atomic mass is 10.1. The van der Waals surface area contributed by atoms with Crippen LogP contribution in [0.15, 0.2) is 30.5 Å². The van der Waals surface area contributed by atoms with Gasteiger partial charge in [-0.1, -0.05) is 0 Å². The van der Waals surface area contributed by atoms with Crippen LogP contribution in [-0.4, -0.2) is 72.1 Å². The second kappa shape index (κ2) is 7.37. The molecule has 0 radical (unpaired) electrons. The maximum atomic E-state index is 5.49. The van der Waals surface area contributed by atoms with E-state index in [1.165, 1.54) is 10.9 Å². The zero-order valence-electron chi connectivity index (χ0n) is 16.0. The fourth-order valence-corrected chi connectivity index (χ4v) is 3.71. The molecule has 0 amide bonds. The van der Waals surface area contributed by atoms with Gasteiger partial charge in [0.1, 0.15) is 0 Å². The van der Waals surface area contributed by atoms with Gasteiger partial charge in [-0.15, -0.1) is 0 Å². The predicted octanol–water partition coefficient (Wildman–Crippen LogP) is 1.70. The third kappa shape index (κ3) is 3.29. The van der Waals surface area contributed by atoms with Crippen LogP contribution in [0.3, 0.4) is 0 Å². The Morgan fingerprint density at radius 2 is 1.39 bits per heavy atom. The molecule has 8 heteroatoms. The van der Waals surface area contributed by atoms with Crippen molar-refractivity contribution in [3.63, 3.8) is 0 Å². The molecule has 2 aliphatic heterocycles. The minimum Gasteiger partial charge on any atom is -0.378 e. The Hall–Kier alpha value is -2.71. The number of nitrogens with zero attached hydrogens (tertiary/aromatic N) is 6. The first kappa shape index (κ1) is 17.4. The van der Waals surface area contributed by atoms with Crippen molar-refractivity contribution in [3.05, 3.63) is 30.5 Å². The van der Waals surface area contributed by atoms with Gasteiger partial charge in [-0.05, 0) is 24.3 Å². The first-order chi connectivity index (χ1) is 13.8. The van der Waals surface area contributed by atoms with Gasteiger partial charge in [0.25, 0.3) is 0 Å². The Balaban J connectivity index is 1.57. The Labute approximate surface area is 163 Å². The van der Waals surface area contributed by atoms with Crippen LogP contribution < -0.4 is 9.80 Å². The standard InChI is InChI=1S/C20H24N6O2/c1-24-5-4-15-14-16(2-3-17(15)24)18-21-19(25-6-10-27-11-7-25)23-20(22-18)26-8-12-28-13-9-26/h2-5,14H,6-13H2,1H3. The molecule has 0 bridgehead atoms. The van der Waals surface area contributed by atoms with E-state index >= 15 is 0 Å². The fourth-order valence-electron chi connectivity index (χ4n) is 3.71. The molecule has 0 spiro atoms. The normalized spacial score (nSPS) is 18.0. The first-order valence-corrected chi connectivity index (χ1v) is 9.75. The Bertz CT molecular complexity index is 940. The molecule has 28 heavy (non-hydrogen) atoms. The quantitative estimate of drug-likeness (QED) is 0.685. The molecule has 2 aromatic heterocycles. The lowest BCUT2D eigenvalue weighted by Crippen LogP contribution is -2.40. The van der Waals surface area contributed by atoms with Gasteiger partial charge >= 0.3 is 0 Å². The summed E-state index contributed by atoms with van der Waals surface area (Å²) >= 11 is 0. The van der Waals surface area contributed by atoms with Gasteiger partial charge in [0.2, 0.25) is 11.9 Å². The zero-order valence-corrected chi connectivity index (χ0v) is 16.0. The molecule has 0 atom stereocenters. The Kier molecular flexibility index (Phi) is 4.58. The predicted molar refractivity (Wildman–Crippen MR) is 108 cm³/mol. The zero-order chi connectivity index (χ0) is 18.9. The number of aromatic nitrogens is 4. The van der Waals surface area contributed by atoms with Crippen molar-refractivity contribution in [1.82, 2.24) is 19.5 Å². The van der Waals surface area contributed by atoms with E-state index in [0.29, 0.717) is 32.3 Å². The van der Waals surface area contributed by atoms with Crippen LogP contribution in [-0.2, 0) is 16.5 Å². The van der Waals surface area contributed by atoms with Crippen LogP contribution in [0.5, 0.6) is 0 Å². The van der Waals surface area contributed by atoms with Crippen molar-refractivity contribution in [1.29, 1.82) is 0 Å². The lowest BCUT2D eigenvalue weighted by Gasteiger charge is -2.30. The topological polar surface area (TPSA) is 68.5 Å². The Morgan fingerprint density at radius 3 is 2.00 bits per heavy atom. The molecule has 0 saturated carbocycles. The van der Waals surface area contributed by atoms with E-state index in [2.05, 4.69) is 51.9 Å². The molecule has 4 heterocycles. The highest BCUT2D eigenvalue weighted by molar-refractivity contribution is 5.84. The third-order valence-electron chi connectivity index (χ3n) is 5.34. The van der Waals surface area contributed by atoms with Crippen LogP contribution in [0.4, 0.5) is 11.9 Å². The van der Waals surface area contributed by atoms with E-state index in [4.69, 9.17) is 24.4 Å². The van der Waals surface area contributed by atoms with Gasteiger partial charge in [-0.3, -0.25) is 0 Å². The average Bonchev–Trinajstić information content (AvgIpc) is 3.15. The van der Waals surface area contributed by atoms with Gasteiger partial charge in [0, 0.05) is 55.9 Å². The molecule has 0 unspecified atom stereocenters. The molecular weight excluding hydrogens is 356 g/mol. The number of benzene rings is 1. The van der Waals surface area contributed by atoms with Crippen molar-refractivity contribution in [2.24, 2.45) is 7.05 Å². The van der Waals surface area contributed by atoms with Crippen molar-refractivity contribution in [3.8, 4) is 11.4 Å². The van der Waals surface area contributed by atoms with E-state index in [1.54, 1.807) is 0 Å². The van der Waals surface area contributed by atoms with Crippen molar-refractivity contribution < 1.29 is 9.47 Å². The van der Waals surface area contributed by atoms with E-state index < -0.39 is 0 Å². The summed E-state index contributed by atoms with van der Waals surface area (Å²) in [5.74, 6) is 2.16. The number of hydrogen-bond acceptors (Lipinski definition) is 7. The second-order valence-corrected chi connectivity index (χ2v) is 7.16. The maximum absolute atomic E-state index is 5.49.